The highest BCUT2D eigenvalue weighted by molar-refractivity contribution is 7.92. The van der Waals surface area contributed by atoms with Crippen LogP contribution in [0.15, 0.2) is 71.6 Å². The van der Waals surface area contributed by atoms with Crippen LogP contribution < -0.4 is 15.4 Å². The molecule has 10 heteroatoms. The minimum absolute atomic E-state index is 0.0151. The molecular weight excluding hydrogens is 502 g/mol. The molecule has 1 aliphatic heterocycles. The highest BCUT2D eigenvalue weighted by atomic mass is 35.5. The number of ether oxygens (including phenoxy) is 1. The van der Waals surface area contributed by atoms with Gasteiger partial charge < -0.3 is 15.4 Å². The van der Waals surface area contributed by atoms with Crippen LogP contribution in [0.5, 0.6) is 0 Å². The van der Waals surface area contributed by atoms with Crippen molar-refractivity contribution in [2.45, 2.75) is 30.8 Å². The SMILES string of the molecule is Cc1ccc(NS(=O)(=O)c2cc(C(=O)Nc3ccccc3C(=O)NC[C@H]3CCCO3)ccc2Cl)cc1. The Labute approximate surface area is 215 Å². The van der Waals surface area contributed by atoms with Crippen molar-refractivity contribution in [2.75, 3.05) is 23.2 Å². The van der Waals surface area contributed by atoms with Crippen LogP contribution in [0.2, 0.25) is 5.02 Å². The van der Waals surface area contributed by atoms with Gasteiger partial charge in [-0.15, -0.1) is 0 Å². The number of carbonyl (C=O) groups excluding carboxylic acids is 2. The summed E-state index contributed by atoms with van der Waals surface area (Å²) in [6, 6.07) is 17.4. The molecule has 36 heavy (non-hydrogen) atoms. The van der Waals surface area contributed by atoms with Gasteiger partial charge >= 0.3 is 0 Å². The molecule has 1 atom stereocenters. The maximum Gasteiger partial charge on any atom is 0.263 e. The number of amides is 2. The van der Waals surface area contributed by atoms with Crippen molar-refractivity contribution in [3.05, 3.63) is 88.4 Å². The number of hydrogen-bond donors (Lipinski definition) is 3. The standard InChI is InChI=1S/C26H26ClN3O5S/c1-17-8-11-19(12-9-17)30-36(33,34)24-15-18(10-13-22(24)27)25(31)29-23-7-3-2-6-21(23)26(32)28-16-20-5-4-14-35-20/h2-3,6-13,15,20,30H,4-5,14,16H2,1H3,(H,28,32)(H,29,31)/t20-/m1/s1. The van der Waals surface area contributed by atoms with Gasteiger partial charge in [0, 0.05) is 24.4 Å². The molecule has 1 heterocycles. The molecule has 0 aromatic heterocycles. The van der Waals surface area contributed by atoms with E-state index in [2.05, 4.69) is 15.4 Å². The highest BCUT2D eigenvalue weighted by Crippen LogP contribution is 2.26. The molecular formula is C26H26ClN3O5S. The molecule has 0 unspecified atom stereocenters. The molecule has 3 aromatic carbocycles. The number of halogens is 1. The second kappa shape index (κ2) is 11.1. The van der Waals surface area contributed by atoms with E-state index < -0.39 is 15.9 Å². The van der Waals surface area contributed by atoms with E-state index in [-0.39, 0.29) is 33.1 Å². The molecule has 188 valence electrons. The summed E-state index contributed by atoms with van der Waals surface area (Å²) in [4.78, 5) is 25.5. The van der Waals surface area contributed by atoms with E-state index in [1.165, 1.54) is 18.2 Å². The number of carbonyl (C=O) groups is 2. The zero-order valence-electron chi connectivity index (χ0n) is 19.6. The molecule has 0 bridgehead atoms. The Hall–Kier alpha value is -3.40. The summed E-state index contributed by atoms with van der Waals surface area (Å²) in [6.07, 6.45) is 1.84. The number of sulfonamides is 1. The number of aryl methyl sites for hydroxylation is 1. The first-order valence-corrected chi connectivity index (χ1v) is 13.3. The van der Waals surface area contributed by atoms with Gasteiger partial charge in [0.25, 0.3) is 21.8 Å². The molecule has 3 aromatic rings. The van der Waals surface area contributed by atoms with E-state index in [0.717, 1.165) is 18.4 Å². The summed E-state index contributed by atoms with van der Waals surface area (Å²) in [7, 11) is -4.06. The average molecular weight is 528 g/mol. The predicted molar refractivity (Wildman–Crippen MR) is 139 cm³/mol. The van der Waals surface area contributed by atoms with Crippen LogP contribution in [0.1, 0.15) is 39.1 Å². The number of rotatable bonds is 8. The number of hydrogen-bond acceptors (Lipinski definition) is 5. The van der Waals surface area contributed by atoms with Crippen molar-refractivity contribution in [1.29, 1.82) is 0 Å². The van der Waals surface area contributed by atoms with E-state index in [1.54, 1.807) is 48.5 Å². The zero-order chi connectivity index (χ0) is 25.7. The van der Waals surface area contributed by atoms with E-state index in [1.807, 2.05) is 6.92 Å². The Bertz CT molecular complexity index is 1370. The monoisotopic (exact) mass is 527 g/mol. The Kier molecular flexibility index (Phi) is 7.93. The largest absolute Gasteiger partial charge is 0.376 e. The summed E-state index contributed by atoms with van der Waals surface area (Å²) < 4.78 is 34.0. The maximum absolute atomic E-state index is 13.0. The van der Waals surface area contributed by atoms with Crippen molar-refractivity contribution in [3.8, 4) is 0 Å². The van der Waals surface area contributed by atoms with Crippen molar-refractivity contribution in [3.63, 3.8) is 0 Å². The van der Waals surface area contributed by atoms with E-state index in [4.69, 9.17) is 16.3 Å². The normalized spacial score (nSPS) is 15.3. The molecule has 4 rings (SSSR count). The van der Waals surface area contributed by atoms with Crippen molar-refractivity contribution in [1.82, 2.24) is 5.32 Å². The summed E-state index contributed by atoms with van der Waals surface area (Å²) in [5.41, 5.74) is 2.00. The van der Waals surface area contributed by atoms with Gasteiger partial charge in [-0.2, -0.15) is 0 Å². The van der Waals surface area contributed by atoms with Crippen LogP contribution >= 0.6 is 11.6 Å². The van der Waals surface area contributed by atoms with Gasteiger partial charge in [0.1, 0.15) is 4.90 Å². The van der Waals surface area contributed by atoms with Crippen molar-refractivity contribution >= 4 is 44.8 Å². The molecule has 0 radical (unpaired) electrons. The van der Waals surface area contributed by atoms with Crippen LogP contribution in [0, 0.1) is 6.92 Å². The average Bonchev–Trinajstić information content (AvgIpc) is 3.38. The quantitative estimate of drug-likeness (QED) is 0.396. The summed E-state index contributed by atoms with van der Waals surface area (Å²) in [5, 5.41) is 5.51. The highest BCUT2D eigenvalue weighted by Gasteiger charge is 2.22. The minimum Gasteiger partial charge on any atom is -0.376 e. The van der Waals surface area contributed by atoms with Crippen LogP contribution in [-0.2, 0) is 14.8 Å². The Balaban J connectivity index is 1.51. The third-order valence-electron chi connectivity index (χ3n) is 5.72. The first-order valence-electron chi connectivity index (χ1n) is 11.4. The first-order chi connectivity index (χ1) is 17.2. The van der Waals surface area contributed by atoms with Crippen LogP contribution in [0.25, 0.3) is 0 Å². The number of para-hydroxylation sites is 1. The fraction of sp³-hybridized carbons (Fsp3) is 0.231. The van der Waals surface area contributed by atoms with Crippen molar-refractivity contribution in [2.24, 2.45) is 0 Å². The number of anilines is 2. The molecule has 8 nitrogen and oxygen atoms in total. The molecule has 3 N–H and O–H groups in total. The lowest BCUT2D eigenvalue weighted by Gasteiger charge is -2.14. The first kappa shape index (κ1) is 25.7. The molecule has 2 amide bonds. The predicted octanol–water partition coefficient (Wildman–Crippen LogP) is 4.61. The molecule has 0 saturated carbocycles. The van der Waals surface area contributed by atoms with Gasteiger partial charge in [-0.05, 0) is 62.2 Å². The maximum atomic E-state index is 13.0. The van der Waals surface area contributed by atoms with Gasteiger partial charge in [-0.1, -0.05) is 41.4 Å². The topological polar surface area (TPSA) is 114 Å². The number of nitrogens with one attached hydrogen (secondary N) is 3. The zero-order valence-corrected chi connectivity index (χ0v) is 21.2. The molecule has 0 spiro atoms. The molecule has 1 aliphatic rings. The Morgan fingerprint density at radius 2 is 1.78 bits per heavy atom. The van der Waals surface area contributed by atoms with Crippen LogP contribution in [0.4, 0.5) is 11.4 Å². The molecule has 0 aliphatic carbocycles. The van der Waals surface area contributed by atoms with E-state index >= 15 is 0 Å². The summed E-state index contributed by atoms with van der Waals surface area (Å²) in [6.45, 7) is 2.96. The van der Waals surface area contributed by atoms with E-state index in [9.17, 15) is 18.0 Å². The van der Waals surface area contributed by atoms with Gasteiger partial charge in [0.05, 0.1) is 22.4 Å². The van der Waals surface area contributed by atoms with Crippen LogP contribution in [0.3, 0.4) is 0 Å². The number of benzene rings is 3. The van der Waals surface area contributed by atoms with Gasteiger partial charge in [-0.25, -0.2) is 8.42 Å². The minimum atomic E-state index is -4.06. The fourth-order valence-corrected chi connectivity index (χ4v) is 5.36. The van der Waals surface area contributed by atoms with Crippen molar-refractivity contribution < 1.29 is 22.7 Å². The Morgan fingerprint density at radius 3 is 2.50 bits per heavy atom. The Morgan fingerprint density at radius 1 is 1.03 bits per heavy atom. The van der Waals surface area contributed by atoms with Gasteiger partial charge in [0.2, 0.25) is 0 Å². The molecule has 1 fully saturated rings. The van der Waals surface area contributed by atoms with Crippen LogP contribution in [-0.4, -0.2) is 39.5 Å². The van der Waals surface area contributed by atoms with Gasteiger partial charge in [-0.3, -0.25) is 14.3 Å². The second-order valence-corrected chi connectivity index (χ2v) is 10.5. The second-order valence-electron chi connectivity index (χ2n) is 8.46. The summed E-state index contributed by atoms with van der Waals surface area (Å²) in [5.74, 6) is -0.930. The van der Waals surface area contributed by atoms with Gasteiger partial charge in [0.15, 0.2) is 0 Å². The molecule has 1 saturated heterocycles. The summed E-state index contributed by atoms with van der Waals surface area (Å²) >= 11 is 6.18. The lowest BCUT2D eigenvalue weighted by molar-refractivity contribution is 0.0858. The van der Waals surface area contributed by atoms with E-state index in [0.29, 0.717) is 24.5 Å². The smallest absolute Gasteiger partial charge is 0.263 e. The third kappa shape index (κ3) is 6.23. The lowest BCUT2D eigenvalue weighted by Crippen LogP contribution is -2.32. The lowest BCUT2D eigenvalue weighted by atomic mass is 10.1. The fourth-order valence-electron chi connectivity index (χ4n) is 3.77. The third-order valence-corrected chi connectivity index (χ3v) is 7.58.